The molecule has 0 radical (unpaired) electrons. The van der Waals surface area contributed by atoms with Crippen LogP contribution in [-0.2, 0) is 4.79 Å². The molecule has 4 N–H and O–H groups in total. The molecule has 1 aliphatic carbocycles. The summed E-state index contributed by atoms with van der Waals surface area (Å²) in [6.07, 6.45) is 0.809. The first-order valence-electron chi connectivity index (χ1n) is 8.53. The summed E-state index contributed by atoms with van der Waals surface area (Å²) in [5.41, 5.74) is 10.6. The Morgan fingerprint density at radius 3 is 2.92 bits per heavy atom. The number of H-pyrrole nitrogens is 1. The maximum absolute atomic E-state index is 11.3. The lowest BCUT2D eigenvalue weighted by molar-refractivity contribution is -0.119. The average molecular weight is 363 g/mol. The number of aromatic hydroxyl groups is 1. The van der Waals surface area contributed by atoms with E-state index in [0.717, 1.165) is 49.2 Å². The van der Waals surface area contributed by atoms with Crippen LogP contribution >= 0.6 is 11.3 Å². The van der Waals surface area contributed by atoms with Crippen molar-refractivity contribution in [2.45, 2.75) is 19.3 Å². The minimum absolute atomic E-state index is 0.0612. The van der Waals surface area contributed by atoms with Gasteiger partial charge >= 0.3 is 0 Å². The van der Waals surface area contributed by atoms with E-state index in [4.69, 9.17) is 10.7 Å². The third-order valence-electron chi connectivity index (χ3n) is 5.16. The summed E-state index contributed by atoms with van der Waals surface area (Å²) < 4.78 is 1.11. The number of carbonyl (C=O) groups is 1. The average Bonchev–Trinajstić information content (AvgIpc) is 3.16. The van der Waals surface area contributed by atoms with E-state index in [1.54, 1.807) is 17.4 Å². The summed E-state index contributed by atoms with van der Waals surface area (Å²) in [6, 6.07) is 12.0. The first kappa shape index (κ1) is 15.4. The Kier molecular flexibility index (Phi) is 3.15. The van der Waals surface area contributed by atoms with Gasteiger partial charge in [0, 0.05) is 28.8 Å². The number of thiazole rings is 1. The van der Waals surface area contributed by atoms with Crippen molar-refractivity contribution in [3.8, 4) is 17.0 Å². The van der Waals surface area contributed by atoms with Crippen molar-refractivity contribution in [1.29, 1.82) is 0 Å². The number of nitrogens with one attached hydrogen (secondary N) is 1. The number of hydrogen-bond donors (Lipinski definition) is 3. The molecule has 2 atom stereocenters. The molecule has 26 heavy (non-hydrogen) atoms. The zero-order chi connectivity index (χ0) is 18.0. The molecule has 2 heterocycles. The van der Waals surface area contributed by atoms with E-state index < -0.39 is 0 Å². The second-order valence-corrected chi connectivity index (χ2v) is 8.02. The van der Waals surface area contributed by atoms with E-state index in [1.165, 1.54) is 0 Å². The largest absolute Gasteiger partial charge is 0.495 e. The standard InChI is InChI=1S/C20H17N3O2S/c1-9-2-4-14-13(8-17(24)22-14)18(9)10-3-5-16-15(6-10)23-20(26-16)12-7-11(12)19(21)25/h2-6,8,11-12,22,24H,7H2,1H3,(H2,21,25). The molecular formula is C20H17N3O2S. The Hall–Kier alpha value is -2.86. The van der Waals surface area contributed by atoms with E-state index in [2.05, 4.69) is 30.1 Å². The minimum Gasteiger partial charge on any atom is -0.495 e. The number of nitrogens with two attached hydrogens (primary N) is 1. The Morgan fingerprint density at radius 2 is 2.15 bits per heavy atom. The molecule has 6 heteroatoms. The van der Waals surface area contributed by atoms with Crippen molar-refractivity contribution in [3.63, 3.8) is 0 Å². The van der Waals surface area contributed by atoms with E-state index in [-0.39, 0.29) is 23.6 Å². The van der Waals surface area contributed by atoms with Crippen LogP contribution in [0.5, 0.6) is 5.88 Å². The number of fused-ring (bicyclic) bond motifs is 2. The molecule has 1 fully saturated rings. The molecule has 1 aliphatic rings. The van der Waals surface area contributed by atoms with Crippen molar-refractivity contribution in [2.24, 2.45) is 11.7 Å². The normalized spacial score (nSPS) is 19.3. The Balaban J connectivity index is 1.62. The van der Waals surface area contributed by atoms with Gasteiger partial charge in [0.2, 0.25) is 5.91 Å². The molecular weight excluding hydrogens is 346 g/mol. The number of amides is 1. The van der Waals surface area contributed by atoms with Gasteiger partial charge in [-0.15, -0.1) is 11.3 Å². The maximum atomic E-state index is 11.3. The highest BCUT2D eigenvalue weighted by molar-refractivity contribution is 7.18. The lowest BCUT2D eigenvalue weighted by Gasteiger charge is -2.08. The number of nitrogens with zero attached hydrogens (tertiary/aromatic N) is 1. The van der Waals surface area contributed by atoms with Crippen LogP contribution in [0.25, 0.3) is 32.2 Å². The predicted octanol–water partition coefficient (Wildman–Crippen LogP) is 4.05. The van der Waals surface area contributed by atoms with E-state index in [0.29, 0.717) is 0 Å². The highest BCUT2D eigenvalue weighted by atomic mass is 32.1. The zero-order valence-electron chi connectivity index (χ0n) is 14.1. The first-order chi connectivity index (χ1) is 12.5. The molecule has 1 saturated carbocycles. The van der Waals surface area contributed by atoms with Crippen LogP contribution in [0.15, 0.2) is 36.4 Å². The van der Waals surface area contributed by atoms with Gasteiger partial charge in [-0.2, -0.15) is 0 Å². The lowest BCUT2D eigenvalue weighted by Crippen LogP contribution is -2.13. The molecule has 130 valence electrons. The van der Waals surface area contributed by atoms with Crippen LogP contribution < -0.4 is 5.73 Å². The third-order valence-corrected chi connectivity index (χ3v) is 6.33. The van der Waals surface area contributed by atoms with Gasteiger partial charge in [0.15, 0.2) is 5.88 Å². The second-order valence-electron chi connectivity index (χ2n) is 6.96. The second kappa shape index (κ2) is 5.32. The lowest BCUT2D eigenvalue weighted by atomic mass is 9.96. The van der Waals surface area contributed by atoms with E-state index >= 15 is 0 Å². The molecule has 0 saturated heterocycles. The maximum Gasteiger partial charge on any atom is 0.221 e. The van der Waals surface area contributed by atoms with E-state index in [1.807, 2.05) is 12.1 Å². The van der Waals surface area contributed by atoms with Gasteiger partial charge < -0.3 is 15.8 Å². The molecule has 2 aromatic carbocycles. The van der Waals surface area contributed by atoms with Gasteiger partial charge in [0.25, 0.3) is 0 Å². The number of aromatic amines is 1. The highest BCUT2D eigenvalue weighted by Crippen LogP contribution is 2.49. The fourth-order valence-corrected chi connectivity index (χ4v) is 4.85. The van der Waals surface area contributed by atoms with Crippen LogP contribution in [0.1, 0.15) is 22.9 Å². The summed E-state index contributed by atoms with van der Waals surface area (Å²) in [6.45, 7) is 2.07. The van der Waals surface area contributed by atoms with Gasteiger partial charge in [-0.3, -0.25) is 4.79 Å². The van der Waals surface area contributed by atoms with Crippen molar-refractivity contribution in [1.82, 2.24) is 9.97 Å². The first-order valence-corrected chi connectivity index (χ1v) is 9.34. The van der Waals surface area contributed by atoms with Crippen molar-refractivity contribution in [2.75, 3.05) is 0 Å². The number of carbonyl (C=O) groups excluding carboxylic acids is 1. The number of primary amides is 1. The van der Waals surface area contributed by atoms with Gasteiger partial charge in [0.05, 0.1) is 15.2 Å². The SMILES string of the molecule is Cc1ccc2[nH]c(O)cc2c1-c1ccc2sc(C3CC3C(N)=O)nc2c1. The summed E-state index contributed by atoms with van der Waals surface area (Å²) >= 11 is 1.64. The smallest absolute Gasteiger partial charge is 0.221 e. The van der Waals surface area contributed by atoms with Crippen LogP contribution in [-0.4, -0.2) is 21.0 Å². The summed E-state index contributed by atoms with van der Waals surface area (Å²) in [5.74, 6) is 0.0496. The monoisotopic (exact) mass is 363 g/mol. The number of rotatable bonds is 3. The van der Waals surface area contributed by atoms with Crippen LogP contribution in [0.3, 0.4) is 0 Å². The fraction of sp³-hybridized carbons (Fsp3) is 0.200. The summed E-state index contributed by atoms with van der Waals surface area (Å²) in [5, 5.41) is 11.8. The van der Waals surface area contributed by atoms with Crippen molar-refractivity contribution < 1.29 is 9.90 Å². The van der Waals surface area contributed by atoms with Gasteiger partial charge in [0.1, 0.15) is 0 Å². The molecule has 5 rings (SSSR count). The van der Waals surface area contributed by atoms with Crippen LogP contribution in [0.4, 0.5) is 0 Å². The molecule has 0 bridgehead atoms. The third kappa shape index (κ3) is 2.29. The summed E-state index contributed by atoms with van der Waals surface area (Å²) in [4.78, 5) is 19.1. The Bertz CT molecular complexity index is 1190. The van der Waals surface area contributed by atoms with Gasteiger partial charge in [-0.25, -0.2) is 4.98 Å². The van der Waals surface area contributed by atoms with Crippen LogP contribution in [0.2, 0.25) is 0 Å². The molecule has 2 aromatic heterocycles. The number of aryl methyl sites for hydroxylation is 1. The Morgan fingerprint density at radius 1 is 1.31 bits per heavy atom. The van der Waals surface area contributed by atoms with Crippen molar-refractivity contribution >= 4 is 38.4 Å². The summed E-state index contributed by atoms with van der Waals surface area (Å²) in [7, 11) is 0. The van der Waals surface area contributed by atoms with Gasteiger partial charge in [-0.1, -0.05) is 12.1 Å². The number of hydrogen-bond acceptors (Lipinski definition) is 4. The van der Waals surface area contributed by atoms with Gasteiger partial charge in [-0.05, 0) is 48.2 Å². The topological polar surface area (TPSA) is 92.0 Å². The van der Waals surface area contributed by atoms with Crippen molar-refractivity contribution in [3.05, 3.63) is 47.0 Å². The highest BCUT2D eigenvalue weighted by Gasteiger charge is 2.44. The zero-order valence-corrected chi connectivity index (χ0v) is 14.9. The molecule has 2 unspecified atom stereocenters. The minimum atomic E-state index is -0.232. The number of benzene rings is 2. The molecule has 0 spiro atoms. The van der Waals surface area contributed by atoms with Crippen LogP contribution in [0, 0.1) is 12.8 Å². The quantitative estimate of drug-likeness (QED) is 0.513. The molecule has 4 aromatic rings. The molecule has 5 nitrogen and oxygen atoms in total. The fourth-order valence-electron chi connectivity index (χ4n) is 3.72. The molecule has 1 amide bonds. The van der Waals surface area contributed by atoms with E-state index in [9.17, 15) is 9.90 Å². The predicted molar refractivity (Wildman–Crippen MR) is 103 cm³/mol. The Labute approximate surface area is 153 Å². The molecule has 0 aliphatic heterocycles. The number of aromatic nitrogens is 2.